The van der Waals surface area contributed by atoms with Crippen molar-refractivity contribution in [1.29, 1.82) is 0 Å². The van der Waals surface area contributed by atoms with E-state index in [0.717, 1.165) is 22.7 Å². The molecule has 0 radical (unpaired) electrons. The van der Waals surface area contributed by atoms with Gasteiger partial charge < -0.3 is 14.3 Å². The zero-order chi connectivity index (χ0) is 18.3. The molecule has 3 heterocycles. The fourth-order valence-corrected chi connectivity index (χ4v) is 3.35. The summed E-state index contributed by atoms with van der Waals surface area (Å²) in [5.41, 5.74) is 2.95. The number of aromatic nitrogens is 2. The highest BCUT2D eigenvalue weighted by Crippen LogP contribution is 2.26. The van der Waals surface area contributed by atoms with E-state index in [4.69, 9.17) is 4.42 Å². The van der Waals surface area contributed by atoms with Crippen LogP contribution >= 0.6 is 0 Å². The van der Waals surface area contributed by atoms with Gasteiger partial charge in [-0.05, 0) is 37.6 Å². The number of fused-ring (bicyclic) bond motifs is 1. The molecule has 4 rings (SSSR count). The number of rotatable bonds is 2. The van der Waals surface area contributed by atoms with Crippen LogP contribution in [0.4, 0.5) is 0 Å². The van der Waals surface area contributed by atoms with Crippen molar-refractivity contribution in [3.63, 3.8) is 0 Å². The lowest BCUT2D eigenvalue weighted by Gasteiger charge is -2.25. The number of nitrogens with zero attached hydrogens (tertiary/aromatic N) is 2. The van der Waals surface area contributed by atoms with Crippen LogP contribution in [0.25, 0.3) is 11.5 Å². The molecule has 132 valence electrons. The summed E-state index contributed by atoms with van der Waals surface area (Å²) in [5, 5.41) is 0. The normalized spacial score (nSPS) is 13.5. The molecular formula is C20H19N3O3. The molecule has 0 atom stereocenters. The number of aromatic amines is 1. The molecule has 0 bridgehead atoms. The molecule has 26 heavy (non-hydrogen) atoms. The predicted molar refractivity (Wildman–Crippen MR) is 96.9 cm³/mol. The topological polar surface area (TPSA) is 79.2 Å². The second-order valence-corrected chi connectivity index (χ2v) is 6.57. The number of carbonyl (C=O) groups is 1. The molecule has 0 spiro atoms. The molecule has 0 fully saturated rings. The Hall–Kier alpha value is -3.15. The van der Waals surface area contributed by atoms with Gasteiger partial charge in [0.15, 0.2) is 0 Å². The van der Waals surface area contributed by atoms with Crippen LogP contribution in [0.2, 0.25) is 0 Å². The number of oxazole rings is 1. The molecule has 1 aliphatic rings. The number of H-pyrrole nitrogens is 1. The highest BCUT2D eigenvalue weighted by atomic mass is 16.4. The number of carbonyl (C=O) groups excluding carboxylic acids is 1. The van der Waals surface area contributed by atoms with Gasteiger partial charge in [-0.25, -0.2) is 4.98 Å². The van der Waals surface area contributed by atoms with Gasteiger partial charge in [0.05, 0.1) is 6.54 Å². The SMILES string of the molecule is Cc1cc(C)c(C(=O)N2CCc3oc(-c4ccccc4)nc3C2)c(=O)[nH]1. The monoisotopic (exact) mass is 349 g/mol. The van der Waals surface area contributed by atoms with Crippen molar-refractivity contribution in [2.45, 2.75) is 26.8 Å². The molecule has 1 amide bonds. The van der Waals surface area contributed by atoms with E-state index in [1.807, 2.05) is 36.4 Å². The predicted octanol–water partition coefficient (Wildman–Crippen LogP) is 2.85. The summed E-state index contributed by atoms with van der Waals surface area (Å²) in [7, 11) is 0. The molecule has 6 nitrogen and oxygen atoms in total. The molecule has 3 aromatic rings. The fraction of sp³-hybridized carbons (Fsp3) is 0.250. The van der Waals surface area contributed by atoms with Gasteiger partial charge >= 0.3 is 0 Å². The van der Waals surface area contributed by atoms with E-state index in [9.17, 15) is 9.59 Å². The summed E-state index contributed by atoms with van der Waals surface area (Å²) < 4.78 is 5.87. The molecule has 2 aromatic heterocycles. The molecule has 0 saturated carbocycles. The first kappa shape index (κ1) is 16.3. The third-order valence-corrected chi connectivity index (χ3v) is 4.61. The van der Waals surface area contributed by atoms with Crippen molar-refractivity contribution < 1.29 is 9.21 Å². The molecule has 1 aromatic carbocycles. The molecular weight excluding hydrogens is 330 g/mol. The summed E-state index contributed by atoms with van der Waals surface area (Å²) in [6.45, 7) is 4.43. The maximum absolute atomic E-state index is 12.9. The first-order chi connectivity index (χ1) is 12.5. The smallest absolute Gasteiger partial charge is 0.261 e. The zero-order valence-corrected chi connectivity index (χ0v) is 14.7. The van der Waals surface area contributed by atoms with Crippen LogP contribution < -0.4 is 5.56 Å². The Balaban J connectivity index is 1.62. The number of amides is 1. The van der Waals surface area contributed by atoms with Crippen molar-refractivity contribution in [1.82, 2.24) is 14.9 Å². The van der Waals surface area contributed by atoms with Gasteiger partial charge in [-0.3, -0.25) is 9.59 Å². The Bertz CT molecular complexity index is 1030. The minimum Gasteiger partial charge on any atom is -0.441 e. The third kappa shape index (κ3) is 2.83. The number of hydrogen-bond donors (Lipinski definition) is 1. The van der Waals surface area contributed by atoms with Crippen LogP contribution in [0, 0.1) is 13.8 Å². The van der Waals surface area contributed by atoms with Gasteiger partial charge in [0, 0.05) is 24.2 Å². The molecule has 0 unspecified atom stereocenters. The summed E-state index contributed by atoms with van der Waals surface area (Å²) in [4.78, 5) is 34.1. The third-order valence-electron chi connectivity index (χ3n) is 4.61. The quantitative estimate of drug-likeness (QED) is 0.771. The lowest BCUT2D eigenvalue weighted by Crippen LogP contribution is -2.39. The van der Waals surface area contributed by atoms with Crippen LogP contribution in [0.3, 0.4) is 0 Å². The van der Waals surface area contributed by atoms with E-state index in [2.05, 4.69) is 9.97 Å². The number of aryl methyl sites for hydroxylation is 2. The number of nitrogens with one attached hydrogen (secondary N) is 1. The van der Waals surface area contributed by atoms with Crippen LogP contribution in [-0.2, 0) is 13.0 Å². The fourth-order valence-electron chi connectivity index (χ4n) is 3.35. The highest BCUT2D eigenvalue weighted by Gasteiger charge is 2.28. The van der Waals surface area contributed by atoms with Gasteiger partial charge in [-0.1, -0.05) is 18.2 Å². The van der Waals surface area contributed by atoms with Gasteiger partial charge in [-0.15, -0.1) is 0 Å². The number of hydrogen-bond acceptors (Lipinski definition) is 4. The van der Waals surface area contributed by atoms with E-state index < -0.39 is 0 Å². The van der Waals surface area contributed by atoms with Gasteiger partial charge in [0.1, 0.15) is 17.0 Å². The first-order valence-corrected chi connectivity index (χ1v) is 8.56. The number of benzene rings is 1. The van der Waals surface area contributed by atoms with E-state index in [1.54, 1.807) is 18.7 Å². The van der Waals surface area contributed by atoms with Crippen LogP contribution in [-0.4, -0.2) is 27.3 Å². The molecule has 0 aliphatic carbocycles. The van der Waals surface area contributed by atoms with Crippen molar-refractivity contribution in [2.24, 2.45) is 0 Å². The van der Waals surface area contributed by atoms with Crippen LogP contribution in [0.15, 0.2) is 45.6 Å². The maximum atomic E-state index is 12.9. The lowest BCUT2D eigenvalue weighted by atomic mass is 10.1. The minimum absolute atomic E-state index is 0.200. The highest BCUT2D eigenvalue weighted by molar-refractivity contribution is 5.95. The molecule has 0 saturated heterocycles. The summed E-state index contributed by atoms with van der Waals surface area (Å²) >= 11 is 0. The van der Waals surface area contributed by atoms with Crippen molar-refractivity contribution >= 4 is 5.91 Å². The van der Waals surface area contributed by atoms with E-state index in [1.165, 1.54) is 0 Å². The summed E-state index contributed by atoms with van der Waals surface area (Å²) in [6, 6.07) is 11.5. The van der Waals surface area contributed by atoms with Crippen molar-refractivity contribution in [3.8, 4) is 11.5 Å². The average Bonchev–Trinajstić information content (AvgIpc) is 3.04. The van der Waals surface area contributed by atoms with Crippen molar-refractivity contribution in [2.75, 3.05) is 6.54 Å². The van der Waals surface area contributed by atoms with E-state index >= 15 is 0 Å². The Morgan fingerprint density at radius 3 is 2.73 bits per heavy atom. The minimum atomic E-state index is -0.344. The molecule has 6 heteroatoms. The maximum Gasteiger partial charge on any atom is 0.261 e. The van der Waals surface area contributed by atoms with Crippen LogP contribution in [0.1, 0.15) is 33.1 Å². The Morgan fingerprint density at radius 1 is 1.23 bits per heavy atom. The van der Waals surface area contributed by atoms with Crippen LogP contribution in [0.5, 0.6) is 0 Å². The van der Waals surface area contributed by atoms with E-state index in [0.29, 0.717) is 31.0 Å². The van der Waals surface area contributed by atoms with Gasteiger partial charge in [-0.2, -0.15) is 0 Å². The Kier molecular flexibility index (Phi) is 3.95. The first-order valence-electron chi connectivity index (χ1n) is 8.56. The average molecular weight is 349 g/mol. The second-order valence-electron chi connectivity index (χ2n) is 6.57. The van der Waals surface area contributed by atoms with E-state index in [-0.39, 0.29) is 17.0 Å². The Morgan fingerprint density at radius 2 is 2.00 bits per heavy atom. The largest absolute Gasteiger partial charge is 0.441 e. The lowest BCUT2D eigenvalue weighted by molar-refractivity contribution is 0.0725. The molecule has 1 N–H and O–H groups in total. The number of pyridine rings is 1. The summed E-state index contributed by atoms with van der Waals surface area (Å²) in [5.74, 6) is 1.11. The van der Waals surface area contributed by atoms with Gasteiger partial charge in [0.25, 0.3) is 11.5 Å². The molecule has 1 aliphatic heterocycles. The second kappa shape index (κ2) is 6.29. The standard InChI is InChI=1S/C20H19N3O3/c1-12-10-13(2)21-18(24)17(12)20(25)23-9-8-16-15(11-23)22-19(26-16)14-6-4-3-5-7-14/h3-7,10H,8-9,11H2,1-2H3,(H,21,24). The zero-order valence-electron chi connectivity index (χ0n) is 14.7. The summed E-state index contributed by atoms with van der Waals surface area (Å²) in [6.07, 6.45) is 0.587. The Labute approximate surface area is 150 Å². The van der Waals surface area contributed by atoms with Gasteiger partial charge in [0.2, 0.25) is 5.89 Å². The van der Waals surface area contributed by atoms with Crippen molar-refractivity contribution in [3.05, 3.63) is 75.0 Å².